The van der Waals surface area contributed by atoms with Crippen molar-refractivity contribution in [1.29, 1.82) is 0 Å². The molecule has 0 radical (unpaired) electrons. The molecular weight excluding hydrogens is 330 g/mol. The fourth-order valence-electron chi connectivity index (χ4n) is 3.03. The first-order valence-corrected chi connectivity index (χ1v) is 8.90. The third kappa shape index (κ3) is 3.77. The fraction of sp³-hybridized carbons (Fsp3) is 0.625. The number of thiophene rings is 1. The minimum absolute atomic E-state index is 0.00885. The highest BCUT2D eigenvalue weighted by Crippen LogP contribution is 2.28. The molecule has 2 amide bonds. The normalized spacial score (nSPS) is 25.4. The number of carbonyl (C=O) groups excluding carboxylic acids is 2. The smallest absolute Gasteiger partial charge is 0.253 e. The topological polar surface area (TPSA) is 62.3 Å². The highest BCUT2D eigenvalue weighted by atomic mass is 32.1. The van der Waals surface area contributed by atoms with Crippen LogP contribution in [0.4, 0.5) is 5.69 Å². The average molecular weight is 353 g/mol. The van der Waals surface area contributed by atoms with E-state index in [0.29, 0.717) is 39.4 Å². The quantitative estimate of drug-likeness (QED) is 0.781. The van der Waals surface area contributed by atoms with Crippen LogP contribution in [0.25, 0.3) is 0 Å². The number of amides is 2. The molecule has 0 N–H and O–H groups in total. The number of carbonyl (C=O) groups is 2. The molecule has 1 aromatic heterocycles. The van der Waals surface area contributed by atoms with Crippen LogP contribution < -0.4 is 4.90 Å². The molecule has 24 heavy (non-hydrogen) atoms. The van der Waals surface area contributed by atoms with Crippen molar-refractivity contribution < 1.29 is 19.1 Å². The van der Waals surface area contributed by atoms with Gasteiger partial charge in [0.25, 0.3) is 5.91 Å². The summed E-state index contributed by atoms with van der Waals surface area (Å²) in [4.78, 5) is 30.1. The zero-order chi connectivity index (χ0) is 17.2. The van der Waals surface area contributed by atoms with E-state index in [1.807, 2.05) is 35.8 Å². The van der Waals surface area contributed by atoms with E-state index in [0.717, 1.165) is 5.69 Å². The van der Waals surface area contributed by atoms with Crippen molar-refractivity contribution in [1.82, 2.24) is 9.80 Å². The van der Waals surface area contributed by atoms with Gasteiger partial charge in [-0.15, -0.1) is 0 Å². The summed E-state index contributed by atoms with van der Waals surface area (Å²) in [6, 6.07) is 1.92. The zero-order valence-corrected chi connectivity index (χ0v) is 14.9. The first-order chi connectivity index (χ1) is 11.5. The van der Waals surface area contributed by atoms with Gasteiger partial charge in [-0.1, -0.05) is 0 Å². The van der Waals surface area contributed by atoms with Crippen LogP contribution in [0.1, 0.15) is 0 Å². The lowest BCUT2D eigenvalue weighted by Gasteiger charge is -2.42. The molecule has 7 nitrogen and oxygen atoms in total. The van der Waals surface area contributed by atoms with Gasteiger partial charge in [-0.05, 0) is 25.5 Å². The van der Waals surface area contributed by atoms with Crippen LogP contribution in [0.15, 0.2) is 16.8 Å². The first kappa shape index (κ1) is 17.3. The molecule has 132 valence electrons. The summed E-state index contributed by atoms with van der Waals surface area (Å²) in [6.45, 7) is 2.60. The predicted molar refractivity (Wildman–Crippen MR) is 91.3 cm³/mol. The van der Waals surface area contributed by atoms with Gasteiger partial charge in [-0.25, -0.2) is 0 Å². The summed E-state index contributed by atoms with van der Waals surface area (Å²) >= 11 is 1.55. The van der Waals surface area contributed by atoms with Crippen molar-refractivity contribution in [2.24, 2.45) is 0 Å². The summed E-state index contributed by atoms with van der Waals surface area (Å²) in [5.41, 5.74) is 0.206. The largest absolute Gasteiger partial charge is 0.376 e. The number of morpholine rings is 1. The standard InChI is InChI=1S/C16H23N3O4S/c1-17(2)7-14(20)18-4-5-22-12-16(10-18)11-19(15(21)8-23-16)13-3-6-24-9-13/h3,6,9H,4-5,7-8,10-12H2,1-2H3. The van der Waals surface area contributed by atoms with E-state index >= 15 is 0 Å². The van der Waals surface area contributed by atoms with E-state index in [4.69, 9.17) is 9.47 Å². The van der Waals surface area contributed by atoms with Crippen LogP contribution in [0.5, 0.6) is 0 Å². The number of nitrogens with zero attached hydrogens (tertiary/aromatic N) is 3. The van der Waals surface area contributed by atoms with Crippen molar-refractivity contribution >= 4 is 28.8 Å². The van der Waals surface area contributed by atoms with E-state index < -0.39 is 5.60 Å². The van der Waals surface area contributed by atoms with Gasteiger partial charge in [0.2, 0.25) is 5.91 Å². The van der Waals surface area contributed by atoms with Crippen molar-refractivity contribution in [2.75, 3.05) is 65.0 Å². The Labute approximate surface area is 145 Å². The molecule has 2 aliphatic rings. The van der Waals surface area contributed by atoms with Crippen molar-refractivity contribution in [3.63, 3.8) is 0 Å². The number of ether oxygens (including phenoxy) is 2. The highest BCUT2D eigenvalue weighted by Gasteiger charge is 2.44. The van der Waals surface area contributed by atoms with Crippen LogP contribution in [0.3, 0.4) is 0 Å². The SMILES string of the molecule is CN(C)CC(=O)N1CCOCC2(C1)CN(c1ccsc1)C(=O)CO2. The van der Waals surface area contributed by atoms with Crippen molar-refractivity contribution in [3.8, 4) is 0 Å². The van der Waals surface area contributed by atoms with E-state index in [9.17, 15) is 9.59 Å². The molecule has 0 aromatic carbocycles. The fourth-order valence-corrected chi connectivity index (χ4v) is 3.67. The molecule has 0 saturated carbocycles. The Morgan fingerprint density at radius 2 is 2.25 bits per heavy atom. The Morgan fingerprint density at radius 1 is 1.42 bits per heavy atom. The maximum Gasteiger partial charge on any atom is 0.253 e. The Balaban J connectivity index is 1.77. The first-order valence-electron chi connectivity index (χ1n) is 7.96. The van der Waals surface area contributed by atoms with E-state index in [2.05, 4.69) is 0 Å². The van der Waals surface area contributed by atoms with E-state index in [1.165, 1.54) is 0 Å². The molecule has 2 aliphatic heterocycles. The Morgan fingerprint density at radius 3 is 2.96 bits per heavy atom. The molecule has 1 spiro atoms. The summed E-state index contributed by atoms with van der Waals surface area (Å²) in [5.74, 6) is -0.0121. The highest BCUT2D eigenvalue weighted by molar-refractivity contribution is 7.08. The summed E-state index contributed by atoms with van der Waals surface area (Å²) in [6.07, 6.45) is 0. The Bertz CT molecular complexity index is 592. The third-order valence-electron chi connectivity index (χ3n) is 4.22. The molecule has 8 heteroatoms. The minimum atomic E-state index is -0.672. The van der Waals surface area contributed by atoms with Gasteiger partial charge < -0.3 is 24.2 Å². The Hall–Kier alpha value is -1.48. The average Bonchev–Trinajstić information content (AvgIpc) is 2.98. The van der Waals surface area contributed by atoms with Crippen molar-refractivity contribution in [3.05, 3.63) is 16.8 Å². The monoisotopic (exact) mass is 353 g/mol. The number of rotatable bonds is 3. The summed E-state index contributed by atoms with van der Waals surface area (Å²) in [7, 11) is 3.74. The van der Waals surface area contributed by atoms with Crippen LogP contribution in [-0.4, -0.2) is 87.3 Å². The third-order valence-corrected chi connectivity index (χ3v) is 4.89. The van der Waals surface area contributed by atoms with Gasteiger partial charge in [0.05, 0.1) is 38.5 Å². The minimum Gasteiger partial charge on any atom is -0.376 e. The lowest BCUT2D eigenvalue weighted by Crippen LogP contribution is -2.61. The number of anilines is 1. The molecule has 2 fully saturated rings. The number of likely N-dealkylation sites (N-methyl/N-ethyl adjacent to an activating group) is 1. The summed E-state index contributed by atoms with van der Waals surface area (Å²) < 4.78 is 11.6. The predicted octanol–water partition coefficient (Wildman–Crippen LogP) is 0.271. The molecule has 3 heterocycles. The molecular formula is C16H23N3O4S. The lowest BCUT2D eigenvalue weighted by molar-refractivity contribution is -0.149. The summed E-state index contributed by atoms with van der Waals surface area (Å²) in [5, 5.41) is 3.89. The molecule has 1 atom stereocenters. The lowest BCUT2D eigenvalue weighted by atomic mass is 10.0. The molecule has 1 unspecified atom stereocenters. The van der Waals surface area contributed by atoms with E-state index in [-0.39, 0.29) is 18.4 Å². The Kier molecular flexibility index (Phi) is 5.19. The molecule has 3 rings (SSSR count). The molecule has 2 saturated heterocycles. The van der Waals surface area contributed by atoms with Gasteiger partial charge in [-0.2, -0.15) is 11.3 Å². The second kappa shape index (κ2) is 7.18. The molecule has 0 bridgehead atoms. The van der Waals surface area contributed by atoms with Crippen LogP contribution in [0, 0.1) is 0 Å². The number of hydrogen-bond donors (Lipinski definition) is 0. The van der Waals surface area contributed by atoms with Gasteiger partial charge in [0, 0.05) is 11.9 Å². The van der Waals surface area contributed by atoms with E-state index in [1.54, 1.807) is 21.1 Å². The van der Waals surface area contributed by atoms with Crippen LogP contribution >= 0.6 is 11.3 Å². The molecule has 0 aliphatic carbocycles. The van der Waals surface area contributed by atoms with Crippen LogP contribution in [0.2, 0.25) is 0 Å². The van der Waals surface area contributed by atoms with Crippen molar-refractivity contribution in [2.45, 2.75) is 5.60 Å². The second-order valence-corrected chi connectivity index (χ2v) is 7.32. The van der Waals surface area contributed by atoms with Gasteiger partial charge in [0.15, 0.2) is 0 Å². The maximum absolute atomic E-state index is 12.5. The maximum atomic E-state index is 12.5. The zero-order valence-electron chi connectivity index (χ0n) is 14.1. The number of hydrogen-bond acceptors (Lipinski definition) is 6. The van der Waals surface area contributed by atoms with Gasteiger partial charge in [-0.3, -0.25) is 9.59 Å². The van der Waals surface area contributed by atoms with Gasteiger partial charge in [0.1, 0.15) is 12.2 Å². The van der Waals surface area contributed by atoms with Crippen LogP contribution in [-0.2, 0) is 19.1 Å². The second-order valence-electron chi connectivity index (χ2n) is 6.54. The molecule has 1 aromatic rings. The van der Waals surface area contributed by atoms with Gasteiger partial charge >= 0.3 is 0 Å².